The molecule has 0 spiro atoms. The Morgan fingerprint density at radius 3 is 2.47 bits per heavy atom. The fourth-order valence-electron chi connectivity index (χ4n) is 3.69. The van der Waals surface area contributed by atoms with E-state index < -0.39 is 22.6 Å². The Morgan fingerprint density at radius 1 is 1.15 bits per heavy atom. The first-order valence-electron chi connectivity index (χ1n) is 10.2. The number of para-hydroxylation sites is 1. The summed E-state index contributed by atoms with van der Waals surface area (Å²) >= 11 is 3.66. The highest BCUT2D eigenvalue weighted by Gasteiger charge is 2.37. The number of carbonyl (C=O) groups is 3. The molecule has 0 aromatic heterocycles. The Labute approximate surface area is 207 Å². The fourth-order valence-corrected chi connectivity index (χ4v) is 4.98. The molecule has 2 aliphatic rings. The molecule has 4 rings (SSSR count). The highest BCUT2D eigenvalue weighted by atomic mass is 79.9. The largest absolute Gasteiger partial charge is 0.506 e. The summed E-state index contributed by atoms with van der Waals surface area (Å²) < 4.78 is 0.0806. The van der Waals surface area contributed by atoms with Crippen molar-refractivity contribution >= 4 is 62.2 Å². The van der Waals surface area contributed by atoms with Gasteiger partial charge in [-0.25, -0.2) is 0 Å². The van der Waals surface area contributed by atoms with Crippen molar-refractivity contribution in [3.8, 4) is 5.75 Å². The predicted octanol–water partition coefficient (Wildman–Crippen LogP) is 3.45. The normalized spacial score (nSPS) is 17.6. The van der Waals surface area contributed by atoms with E-state index in [1.807, 2.05) is 30.3 Å². The van der Waals surface area contributed by atoms with Crippen LogP contribution < -0.4 is 4.90 Å². The molecule has 0 aliphatic carbocycles. The summed E-state index contributed by atoms with van der Waals surface area (Å²) in [5.41, 5.74) is 0.789. The number of nitro groups is 1. The van der Waals surface area contributed by atoms with Crippen LogP contribution in [0.5, 0.6) is 5.75 Å². The molecule has 2 aromatic carbocycles. The number of carbonyl (C=O) groups excluding carboxylic acids is 3. The summed E-state index contributed by atoms with van der Waals surface area (Å²) in [6.45, 7) is 1.82. The second kappa shape index (κ2) is 9.85. The summed E-state index contributed by atoms with van der Waals surface area (Å²) in [6, 6.07) is 12.1. The third kappa shape index (κ3) is 4.92. The van der Waals surface area contributed by atoms with E-state index in [1.165, 1.54) is 6.08 Å². The van der Waals surface area contributed by atoms with Crippen LogP contribution in [0.25, 0.3) is 6.08 Å². The lowest BCUT2D eigenvalue weighted by molar-refractivity contribution is -0.385. The van der Waals surface area contributed by atoms with E-state index in [0.29, 0.717) is 37.9 Å². The maximum Gasteiger partial charge on any atom is 0.294 e. The van der Waals surface area contributed by atoms with E-state index in [4.69, 9.17) is 0 Å². The number of halogens is 1. The number of phenols is 1. The molecule has 2 heterocycles. The van der Waals surface area contributed by atoms with Crippen LogP contribution in [0.3, 0.4) is 0 Å². The molecule has 12 heteroatoms. The number of piperazine rings is 1. The van der Waals surface area contributed by atoms with Crippen molar-refractivity contribution in [1.29, 1.82) is 0 Å². The summed E-state index contributed by atoms with van der Waals surface area (Å²) in [5.74, 6) is -1.32. The van der Waals surface area contributed by atoms with Gasteiger partial charge < -0.3 is 14.9 Å². The van der Waals surface area contributed by atoms with Gasteiger partial charge in [-0.3, -0.25) is 29.4 Å². The minimum Gasteiger partial charge on any atom is -0.506 e. The molecule has 176 valence electrons. The van der Waals surface area contributed by atoms with Crippen LogP contribution in [0.1, 0.15) is 5.56 Å². The number of anilines is 1. The molecule has 3 amide bonds. The molecule has 2 aromatic rings. The van der Waals surface area contributed by atoms with Crippen molar-refractivity contribution in [1.82, 2.24) is 9.80 Å². The van der Waals surface area contributed by atoms with Crippen LogP contribution in [-0.2, 0) is 9.59 Å². The van der Waals surface area contributed by atoms with Crippen LogP contribution in [0.15, 0.2) is 51.8 Å². The summed E-state index contributed by atoms with van der Waals surface area (Å²) in [4.78, 5) is 53.1. The first-order chi connectivity index (χ1) is 16.2. The van der Waals surface area contributed by atoms with E-state index >= 15 is 0 Å². The Balaban J connectivity index is 1.43. The summed E-state index contributed by atoms with van der Waals surface area (Å²) in [7, 11) is 0. The highest BCUT2D eigenvalue weighted by molar-refractivity contribution is 9.10. The molecule has 10 nitrogen and oxygen atoms in total. The van der Waals surface area contributed by atoms with Crippen molar-refractivity contribution < 1.29 is 24.4 Å². The van der Waals surface area contributed by atoms with Gasteiger partial charge in [-0.1, -0.05) is 18.2 Å². The van der Waals surface area contributed by atoms with E-state index in [0.717, 1.165) is 22.7 Å². The number of benzene rings is 2. The third-order valence-electron chi connectivity index (χ3n) is 5.50. The average Bonchev–Trinajstić information content (AvgIpc) is 3.09. The molecule has 0 saturated carbocycles. The number of nitro benzene ring substituents is 1. The zero-order chi connectivity index (χ0) is 24.4. The van der Waals surface area contributed by atoms with Crippen LogP contribution in [0.2, 0.25) is 0 Å². The van der Waals surface area contributed by atoms with Crippen LogP contribution in [-0.4, -0.2) is 69.6 Å². The van der Waals surface area contributed by atoms with Crippen molar-refractivity contribution in [3.63, 3.8) is 0 Å². The van der Waals surface area contributed by atoms with Crippen molar-refractivity contribution in [2.24, 2.45) is 0 Å². The molecule has 0 unspecified atom stereocenters. The van der Waals surface area contributed by atoms with Crippen molar-refractivity contribution in [3.05, 3.63) is 67.5 Å². The Hall–Kier alpha value is -3.38. The Kier molecular flexibility index (Phi) is 6.89. The number of aromatic hydroxyl groups is 1. The molecule has 2 aliphatic heterocycles. The van der Waals surface area contributed by atoms with E-state index in [1.54, 1.807) is 4.90 Å². The monoisotopic (exact) mass is 546 g/mol. The van der Waals surface area contributed by atoms with Gasteiger partial charge in [-0.15, -0.1) is 0 Å². The van der Waals surface area contributed by atoms with Gasteiger partial charge in [0.1, 0.15) is 12.3 Å². The number of rotatable bonds is 5. The molecular formula is C22H19BrN4O6S. The minimum atomic E-state index is -0.687. The molecular weight excluding hydrogens is 528 g/mol. The molecule has 0 atom stereocenters. The lowest BCUT2D eigenvalue weighted by atomic mass is 10.1. The zero-order valence-corrected chi connectivity index (χ0v) is 20.1. The lowest BCUT2D eigenvalue weighted by Gasteiger charge is -2.36. The first kappa shape index (κ1) is 23.8. The first-order valence-corrected chi connectivity index (χ1v) is 11.9. The van der Waals surface area contributed by atoms with Gasteiger partial charge in [0.05, 0.1) is 14.3 Å². The quantitative estimate of drug-likeness (QED) is 0.343. The van der Waals surface area contributed by atoms with Crippen LogP contribution in [0, 0.1) is 10.1 Å². The number of phenolic OH excluding ortho intramolecular Hbond substituents is 1. The molecule has 0 radical (unpaired) electrons. The second-order valence-corrected chi connectivity index (χ2v) is 9.44. The van der Waals surface area contributed by atoms with Gasteiger partial charge in [0, 0.05) is 49.6 Å². The van der Waals surface area contributed by atoms with Crippen LogP contribution >= 0.6 is 27.7 Å². The lowest BCUT2D eigenvalue weighted by Crippen LogP contribution is -2.51. The molecule has 1 N–H and O–H groups in total. The standard InChI is InChI=1S/C22H19BrN4O6S/c23-17-12-16(27(32)33)10-14(20(17)29)11-18-21(30)26(22(31)34-18)13-19(28)25-8-6-24(7-9-25)15-4-2-1-3-5-15/h1-5,10-12,29H,6-9,13H2/b18-11+. The van der Waals surface area contributed by atoms with Gasteiger partial charge in [0.2, 0.25) is 5.91 Å². The Bertz CT molecular complexity index is 1200. The van der Waals surface area contributed by atoms with Crippen molar-refractivity contribution in [2.45, 2.75) is 0 Å². The predicted molar refractivity (Wildman–Crippen MR) is 130 cm³/mol. The van der Waals surface area contributed by atoms with Crippen molar-refractivity contribution in [2.75, 3.05) is 37.6 Å². The second-order valence-electron chi connectivity index (χ2n) is 7.59. The zero-order valence-electron chi connectivity index (χ0n) is 17.7. The van der Waals surface area contributed by atoms with Gasteiger partial charge in [0.15, 0.2) is 0 Å². The number of nitrogens with zero attached hydrogens (tertiary/aromatic N) is 4. The van der Waals surface area contributed by atoms with E-state index in [2.05, 4.69) is 20.8 Å². The maximum atomic E-state index is 12.8. The average molecular weight is 547 g/mol. The van der Waals surface area contributed by atoms with E-state index in [9.17, 15) is 29.6 Å². The smallest absolute Gasteiger partial charge is 0.294 e. The molecule has 2 saturated heterocycles. The van der Waals surface area contributed by atoms with Crippen LogP contribution in [0.4, 0.5) is 16.2 Å². The third-order valence-corrected chi connectivity index (χ3v) is 7.01. The molecule has 2 fully saturated rings. The van der Waals surface area contributed by atoms with Gasteiger partial charge in [-0.05, 0) is 45.9 Å². The molecule has 0 bridgehead atoms. The topological polar surface area (TPSA) is 124 Å². The van der Waals surface area contributed by atoms with Gasteiger partial charge >= 0.3 is 0 Å². The SMILES string of the molecule is O=C(CN1C(=O)S/C(=C/c2cc([N+](=O)[O-])cc(Br)c2O)C1=O)N1CCN(c2ccccc2)CC1. The number of imide groups is 1. The number of thioether (sulfide) groups is 1. The number of amides is 3. The highest BCUT2D eigenvalue weighted by Crippen LogP contribution is 2.38. The number of non-ortho nitro benzene ring substituents is 1. The summed E-state index contributed by atoms with van der Waals surface area (Å²) in [5, 5.41) is 20.7. The Morgan fingerprint density at radius 2 is 1.82 bits per heavy atom. The number of hydrogen-bond acceptors (Lipinski definition) is 8. The fraction of sp³-hybridized carbons (Fsp3) is 0.227. The maximum absolute atomic E-state index is 12.8. The summed E-state index contributed by atoms with van der Waals surface area (Å²) in [6.07, 6.45) is 1.21. The van der Waals surface area contributed by atoms with E-state index in [-0.39, 0.29) is 32.3 Å². The number of hydrogen-bond donors (Lipinski definition) is 1. The minimum absolute atomic E-state index is 0.00920. The van der Waals surface area contributed by atoms with Gasteiger partial charge in [-0.2, -0.15) is 0 Å². The molecule has 34 heavy (non-hydrogen) atoms. The van der Waals surface area contributed by atoms with Gasteiger partial charge in [0.25, 0.3) is 16.8 Å².